The van der Waals surface area contributed by atoms with Crippen molar-refractivity contribution < 1.29 is 145 Å². The molecule has 0 atom stereocenters. The van der Waals surface area contributed by atoms with Gasteiger partial charge in [0.15, 0.2) is 0 Å². The fourth-order valence-corrected chi connectivity index (χ4v) is 0. The molecule has 0 saturated carbocycles. The standard InChI is InChI=1S/Al.5Nb.15O.Pb/q+3;;;;;;;;;;;;;;;;5*-1;+2. The predicted molar refractivity (Wildman–Crippen MR) is 18.4 cm³/mol. The van der Waals surface area contributed by atoms with E-state index >= 15 is 0 Å². The molecule has 0 N–H and O–H groups in total. The molecule has 0 aromatic rings. The van der Waals surface area contributed by atoms with Crippen LogP contribution in [0.3, 0.4) is 0 Å². The molecule has 0 saturated heterocycles. The van der Waals surface area contributed by atoms with Crippen LogP contribution in [0.2, 0.25) is 0 Å². The Kier molecular flexibility index (Phi) is 79.1. The van der Waals surface area contributed by atoms with Crippen molar-refractivity contribution in [2.45, 2.75) is 0 Å². The predicted octanol–water partition coefficient (Wildman–Crippen LogP) is -7.91. The van der Waals surface area contributed by atoms with Crippen LogP contribution in [0.4, 0.5) is 0 Å². The van der Waals surface area contributed by atoms with Gasteiger partial charge < -0.3 is 0 Å². The summed E-state index contributed by atoms with van der Waals surface area (Å²) in [6.07, 6.45) is 0. The molecule has 0 aliphatic rings. The van der Waals surface area contributed by atoms with Gasteiger partial charge in [0.2, 0.25) is 0 Å². The molecule has 15 nitrogen and oxygen atoms in total. The Bertz CT molecular complexity index is 386. The van der Waals surface area contributed by atoms with E-state index < -0.39 is 93.9 Å². The average Bonchev–Trinajstić information content (AvgIpc) is 1.94. The van der Waals surface area contributed by atoms with Gasteiger partial charge in [0.1, 0.15) is 0 Å². The second kappa shape index (κ2) is 39.2. The van der Waals surface area contributed by atoms with Crippen LogP contribution >= 0.6 is 0 Å². The van der Waals surface area contributed by atoms with Gasteiger partial charge in [-0.25, -0.2) is 0 Å². The third-order valence-corrected chi connectivity index (χ3v) is 0. The summed E-state index contributed by atoms with van der Waals surface area (Å²) >= 11 is -21.0. The maximum atomic E-state index is 8.60. The van der Waals surface area contributed by atoms with E-state index in [0.717, 1.165) is 0 Å². The van der Waals surface area contributed by atoms with Crippen molar-refractivity contribution in [1.29, 1.82) is 0 Å². The van der Waals surface area contributed by atoms with Crippen LogP contribution in [0, 0.1) is 0 Å². The monoisotopic (exact) mass is 939 g/mol. The van der Waals surface area contributed by atoms with Gasteiger partial charge >= 0.3 is 189 Å². The SMILES string of the molecule is [Al+3].[O]=[Nb](=[O])[O-].[O]=[Nb](=[O])[O-].[O]=[Nb](=[O])[O-].[O]=[Nb](=[O])[O-].[O]=[Nb](=[O])[O-].[Pb+2]. The number of rotatable bonds is 0. The van der Waals surface area contributed by atoms with Crippen molar-refractivity contribution in [2.75, 3.05) is 0 Å². The van der Waals surface area contributed by atoms with Gasteiger partial charge in [-0.05, 0) is 0 Å². The second-order valence-electron chi connectivity index (χ2n) is 1.12. The first-order chi connectivity index (χ1) is 8.66. The molecule has 2 radical (unpaired) electrons. The van der Waals surface area contributed by atoms with E-state index in [1.54, 1.807) is 0 Å². The van der Waals surface area contributed by atoms with Crippen molar-refractivity contribution in [1.82, 2.24) is 0 Å². The Morgan fingerprint density at radius 2 is 0.364 bits per heavy atom. The van der Waals surface area contributed by atoms with E-state index in [9.17, 15) is 0 Å². The summed E-state index contributed by atoms with van der Waals surface area (Å²) in [6.45, 7) is 0. The van der Waals surface area contributed by atoms with Gasteiger partial charge in [-0.2, -0.15) is 0 Å². The Balaban J connectivity index is -0.0000000250. The topological polar surface area (TPSA) is 286 Å². The molecule has 0 bridgehead atoms. The van der Waals surface area contributed by atoms with Crippen molar-refractivity contribution in [3.8, 4) is 0 Å². The van der Waals surface area contributed by atoms with Crippen molar-refractivity contribution in [3.63, 3.8) is 0 Å². The van der Waals surface area contributed by atoms with Crippen LogP contribution in [0.1, 0.15) is 0 Å². The fourth-order valence-electron chi connectivity index (χ4n) is 0. The van der Waals surface area contributed by atoms with E-state index in [4.69, 9.17) is 50.6 Å². The molecule has 0 aliphatic carbocycles. The minimum atomic E-state index is -4.20. The van der Waals surface area contributed by atoms with E-state index in [2.05, 4.69) is 0 Å². The van der Waals surface area contributed by atoms with Crippen molar-refractivity contribution >= 4 is 44.7 Å². The Morgan fingerprint density at radius 1 is 0.364 bits per heavy atom. The molecule has 0 unspecified atom stereocenters. The minimum Gasteiger partial charge on any atom is 2.00 e. The summed E-state index contributed by atoms with van der Waals surface area (Å²) in [4.78, 5) is 0. The van der Waals surface area contributed by atoms with E-state index in [1.807, 2.05) is 0 Å². The zero-order valence-electron chi connectivity index (χ0n) is 9.44. The van der Waals surface area contributed by atoms with Gasteiger partial charge in [0.05, 0.1) is 0 Å². The van der Waals surface area contributed by atoms with Gasteiger partial charge in [-0.1, -0.05) is 0 Å². The Labute approximate surface area is 185 Å². The Hall–Kier alpha value is 2.96. The van der Waals surface area contributed by atoms with Gasteiger partial charge in [0, 0.05) is 0 Å². The first-order valence-electron chi connectivity index (χ1n) is 2.74. The molecular formula is AlNb5O15Pb. The van der Waals surface area contributed by atoms with E-state index in [-0.39, 0.29) is 44.7 Å². The van der Waals surface area contributed by atoms with Crippen LogP contribution in [0.25, 0.3) is 0 Å². The molecule has 0 heterocycles. The molecule has 0 aromatic carbocycles. The maximum Gasteiger partial charge on any atom is 2.00 e. The van der Waals surface area contributed by atoms with Crippen LogP contribution < -0.4 is 18.1 Å². The van der Waals surface area contributed by atoms with Crippen LogP contribution in [0.5, 0.6) is 0 Å². The summed E-state index contributed by atoms with van der Waals surface area (Å²) in [5, 5.41) is 0. The largest absolute Gasteiger partial charge is 2.00 e. The van der Waals surface area contributed by atoms with Crippen LogP contribution in [-0.2, 0) is 126 Å². The third kappa shape index (κ3) is 1270. The zero-order valence-corrected chi connectivity index (χ0v) is 25.5. The smallest absolute Gasteiger partial charge is 2.00 e. The van der Waals surface area contributed by atoms with Gasteiger partial charge in [-0.3, -0.25) is 0 Å². The maximum absolute atomic E-state index is 8.60. The summed E-state index contributed by atoms with van der Waals surface area (Å²) in [5.74, 6) is 0. The molecule has 22 heteroatoms. The molecular weight excluding hydrogens is 939 g/mol. The molecule has 122 valence electrons. The van der Waals surface area contributed by atoms with Crippen molar-refractivity contribution in [3.05, 3.63) is 0 Å². The molecule has 0 rings (SSSR count). The molecule has 22 heavy (non-hydrogen) atoms. The van der Waals surface area contributed by atoms with Crippen LogP contribution in [0.15, 0.2) is 0 Å². The summed E-state index contributed by atoms with van der Waals surface area (Å²) < 4.78 is 129. The van der Waals surface area contributed by atoms with Gasteiger partial charge in [-0.15, -0.1) is 0 Å². The molecule has 0 fully saturated rings. The first kappa shape index (κ1) is 44.4. The fraction of sp³-hybridized carbons (Fsp3) is 0. The summed E-state index contributed by atoms with van der Waals surface area (Å²) in [6, 6.07) is 0. The quantitative estimate of drug-likeness (QED) is 0.204. The zero-order chi connectivity index (χ0) is 17.9. The number of hydrogen-bond acceptors (Lipinski definition) is 15. The third-order valence-electron chi connectivity index (χ3n) is 0. The first-order valence-corrected chi connectivity index (χ1v) is 16.2. The summed E-state index contributed by atoms with van der Waals surface area (Å²) in [7, 11) is 0. The second-order valence-corrected chi connectivity index (χ2v) is 6.61. The molecule has 0 spiro atoms. The van der Waals surface area contributed by atoms with Crippen LogP contribution in [-0.4, -0.2) is 44.7 Å². The number of hydrogen-bond donors (Lipinski definition) is 0. The van der Waals surface area contributed by atoms with Gasteiger partial charge in [0.25, 0.3) is 0 Å². The minimum absolute atomic E-state index is 0. The molecule has 0 aromatic heterocycles. The van der Waals surface area contributed by atoms with E-state index in [0.29, 0.717) is 0 Å². The van der Waals surface area contributed by atoms with E-state index in [1.165, 1.54) is 0 Å². The Morgan fingerprint density at radius 3 is 0.364 bits per heavy atom. The normalized spacial score (nSPS) is 5.68. The average molecular weight is 939 g/mol. The van der Waals surface area contributed by atoms with Crippen molar-refractivity contribution in [2.24, 2.45) is 0 Å². The summed E-state index contributed by atoms with van der Waals surface area (Å²) in [5.41, 5.74) is 0. The molecule has 0 aliphatic heterocycles. The molecule has 0 amide bonds.